The van der Waals surface area contributed by atoms with Gasteiger partial charge in [0.15, 0.2) is 5.78 Å². The topological polar surface area (TPSA) is 22.0 Å². The van der Waals surface area contributed by atoms with Crippen LogP contribution >= 0.6 is 0 Å². The predicted octanol–water partition coefficient (Wildman–Crippen LogP) is 5.69. The second kappa shape index (κ2) is 5.98. The predicted molar refractivity (Wildman–Crippen MR) is 107 cm³/mol. The summed E-state index contributed by atoms with van der Waals surface area (Å²) in [4.78, 5) is 13.7. The van der Waals surface area contributed by atoms with Crippen LogP contribution in [0.3, 0.4) is 0 Å². The molecule has 0 N–H and O–H groups in total. The summed E-state index contributed by atoms with van der Waals surface area (Å²) in [5.41, 5.74) is 7.06. The van der Waals surface area contributed by atoms with Gasteiger partial charge in [0.05, 0.1) is 0 Å². The maximum Gasteiger partial charge on any atom is 0.195 e. The average Bonchev–Trinajstić information content (AvgIpc) is 2.82. The van der Waals surface area contributed by atoms with Crippen LogP contribution < -0.4 is 0 Å². The lowest BCUT2D eigenvalue weighted by molar-refractivity contribution is 0.103. The normalized spacial score (nSPS) is 16.1. The van der Waals surface area contributed by atoms with Gasteiger partial charge in [0, 0.05) is 29.1 Å². The summed E-state index contributed by atoms with van der Waals surface area (Å²) in [5, 5.41) is 2.19. The number of allylic oxidation sites excluding steroid dienone is 2. The van der Waals surface area contributed by atoms with Gasteiger partial charge < -0.3 is 4.57 Å². The molecule has 2 aromatic carbocycles. The number of aromatic nitrogens is 1. The number of benzene rings is 2. The zero-order valence-electron chi connectivity index (χ0n) is 15.2. The number of carbonyl (C=O) groups excluding carboxylic acids is 1. The second-order valence-electron chi connectivity index (χ2n) is 7.52. The minimum atomic E-state index is 0.191. The molecule has 0 unspecified atom stereocenters. The number of fused-ring (bicyclic) bond motifs is 1. The van der Waals surface area contributed by atoms with Crippen molar-refractivity contribution in [1.29, 1.82) is 0 Å². The van der Waals surface area contributed by atoms with Gasteiger partial charge in [-0.2, -0.15) is 0 Å². The Balaban J connectivity index is 1.73. The first kappa shape index (κ1) is 15.6. The van der Waals surface area contributed by atoms with Gasteiger partial charge in [-0.3, -0.25) is 4.79 Å². The van der Waals surface area contributed by atoms with Crippen molar-refractivity contribution in [3.63, 3.8) is 0 Å². The van der Waals surface area contributed by atoms with Gasteiger partial charge in [-0.25, -0.2) is 0 Å². The Morgan fingerprint density at radius 1 is 1.00 bits per heavy atom. The van der Waals surface area contributed by atoms with E-state index in [-0.39, 0.29) is 5.78 Å². The lowest BCUT2D eigenvalue weighted by Gasteiger charge is -2.16. The van der Waals surface area contributed by atoms with Crippen molar-refractivity contribution >= 4 is 22.1 Å². The summed E-state index contributed by atoms with van der Waals surface area (Å²) in [7, 11) is 0. The fraction of sp³-hybridized carbons (Fsp3) is 0.292. The largest absolute Gasteiger partial charge is 0.344 e. The quantitative estimate of drug-likeness (QED) is 0.548. The van der Waals surface area contributed by atoms with E-state index in [9.17, 15) is 4.79 Å². The summed E-state index contributed by atoms with van der Waals surface area (Å²) in [6.45, 7) is 3.17. The maximum atomic E-state index is 13.7. The summed E-state index contributed by atoms with van der Waals surface area (Å²) < 4.78 is 2.42. The molecule has 0 radical (unpaired) electrons. The lowest BCUT2D eigenvalue weighted by Crippen LogP contribution is -2.08. The third kappa shape index (κ3) is 2.21. The van der Waals surface area contributed by atoms with E-state index in [4.69, 9.17) is 0 Å². The first-order valence-electron chi connectivity index (χ1n) is 9.69. The van der Waals surface area contributed by atoms with Crippen molar-refractivity contribution in [3.05, 3.63) is 76.6 Å². The first-order chi connectivity index (χ1) is 12.8. The van der Waals surface area contributed by atoms with Crippen molar-refractivity contribution in [1.82, 2.24) is 4.57 Å². The second-order valence-corrected chi connectivity index (χ2v) is 7.52. The molecule has 2 nitrogen and oxygen atoms in total. The highest BCUT2D eigenvalue weighted by Gasteiger charge is 2.30. The number of nitrogens with zero attached hydrogens (tertiary/aromatic N) is 1. The van der Waals surface area contributed by atoms with Crippen molar-refractivity contribution in [2.75, 3.05) is 0 Å². The first-order valence-corrected chi connectivity index (χ1v) is 9.69. The van der Waals surface area contributed by atoms with Gasteiger partial charge in [0.2, 0.25) is 0 Å². The van der Waals surface area contributed by atoms with E-state index in [0.29, 0.717) is 0 Å². The molecule has 0 spiro atoms. The molecule has 0 saturated heterocycles. The maximum absolute atomic E-state index is 13.7. The molecular weight excluding hydrogens is 318 g/mol. The summed E-state index contributed by atoms with van der Waals surface area (Å²) in [6.07, 6.45) is 8.04. The van der Waals surface area contributed by atoms with Crippen LogP contribution in [0.25, 0.3) is 16.3 Å². The summed E-state index contributed by atoms with van der Waals surface area (Å²) >= 11 is 0. The van der Waals surface area contributed by atoms with Crippen LogP contribution in [0.1, 0.15) is 58.6 Å². The standard InChI is InChI=1S/C24H23NO/c1-16-22(21-14-7-11-18-9-4-5-15-25(16)23(18)21)24(26)20-13-6-10-17-8-2-3-12-19(17)20/h2-3,6,8,10-13H,4-5,7,9,14-15H2,1H3. The molecule has 1 aliphatic heterocycles. The van der Waals surface area contributed by atoms with Gasteiger partial charge in [-0.05, 0) is 60.9 Å². The van der Waals surface area contributed by atoms with Gasteiger partial charge >= 0.3 is 0 Å². The van der Waals surface area contributed by atoms with E-state index in [0.717, 1.165) is 53.4 Å². The van der Waals surface area contributed by atoms with E-state index < -0.39 is 0 Å². The zero-order valence-corrected chi connectivity index (χ0v) is 15.2. The van der Waals surface area contributed by atoms with Gasteiger partial charge in [0.25, 0.3) is 0 Å². The Morgan fingerprint density at radius 2 is 1.85 bits per heavy atom. The zero-order chi connectivity index (χ0) is 17.7. The van der Waals surface area contributed by atoms with Crippen LogP contribution in [0, 0.1) is 6.92 Å². The highest BCUT2D eigenvalue weighted by atomic mass is 16.1. The molecule has 2 heteroatoms. The highest BCUT2D eigenvalue weighted by Crippen LogP contribution is 2.39. The van der Waals surface area contributed by atoms with E-state index in [1.54, 1.807) is 0 Å². The van der Waals surface area contributed by atoms with Crippen LogP contribution in [-0.2, 0) is 13.0 Å². The molecule has 2 aliphatic rings. The molecule has 0 atom stereocenters. The third-order valence-electron chi connectivity index (χ3n) is 6.05. The van der Waals surface area contributed by atoms with Crippen LogP contribution in [0.2, 0.25) is 0 Å². The van der Waals surface area contributed by atoms with Crippen LogP contribution in [0.15, 0.2) is 48.5 Å². The molecule has 0 fully saturated rings. The Labute approximate surface area is 154 Å². The molecular formula is C24H23NO. The van der Waals surface area contributed by atoms with Crippen molar-refractivity contribution in [2.24, 2.45) is 0 Å². The van der Waals surface area contributed by atoms with Crippen molar-refractivity contribution in [2.45, 2.75) is 45.6 Å². The molecule has 1 aromatic heterocycles. The van der Waals surface area contributed by atoms with E-state index in [1.165, 1.54) is 29.7 Å². The fourth-order valence-electron chi connectivity index (χ4n) is 4.85. The number of hydrogen-bond donors (Lipinski definition) is 0. The Hall–Kier alpha value is -2.61. The average molecular weight is 341 g/mol. The number of ketones is 1. The Kier molecular flexibility index (Phi) is 3.59. The molecule has 3 aromatic rings. The summed E-state index contributed by atoms with van der Waals surface area (Å²) in [5.74, 6) is 0.191. The minimum absolute atomic E-state index is 0.191. The highest BCUT2D eigenvalue weighted by molar-refractivity contribution is 6.18. The molecule has 0 bridgehead atoms. The fourth-order valence-corrected chi connectivity index (χ4v) is 4.85. The third-order valence-corrected chi connectivity index (χ3v) is 6.05. The SMILES string of the molecule is Cc1c(C(=O)c2cccc3ccccc23)c2c3n1CCCCC3=CCC2. The molecule has 2 heterocycles. The van der Waals surface area contributed by atoms with Crippen LogP contribution in [0.5, 0.6) is 0 Å². The molecule has 130 valence electrons. The molecule has 5 rings (SSSR count). The number of carbonyl (C=O) groups is 1. The monoisotopic (exact) mass is 341 g/mol. The van der Waals surface area contributed by atoms with E-state index in [1.807, 2.05) is 24.3 Å². The Bertz CT molecular complexity index is 1060. The molecule has 26 heavy (non-hydrogen) atoms. The molecule has 0 amide bonds. The van der Waals surface area contributed by atoms with Gasteiger partial charge in [-0.1, -0.05) is 48.5 Å². The minimum Gasteiger partial charge on any atom is -0.344 e. The smallest absolute Gasteiger partial charge is 0.195 e. The van der Waals surface area contributed by atoms with Crippen molar-refractivity contribution in [3.8, 4) is 0 Å². The van der Waals surface area contributed by atoms with Gasteiger partial charge in [0.1, 0.15) is 0 Å². The van der Waals surface area contributed by atoms with Crippen LogP contribution in [-0.4, -0.2) is 10.4 Å². The molecule has 0 saturated carbocycles. The van der Waals surface area contributed by atoms with Crippen molar-refractivity contribution < 1.29 is 4.79 Å². The van der Waals surface area contributed by atoms with E-state index >= 15 is 0 Å². The van der Waals surface area contributed by atoms with E-state index in [2.05, 4.69) is 35.8 Å². The number of hydrogen-bond acceptors (Lipinski definition) is 1. The Morgan fingerprint density at radius 3 is 2.77 bits per heavy atom. The van der Waals surface area contributed by atoms with Crippen LogP contribution in [0.4, 0.5) is 0 Å². The van der Waals surface area contributed by atoms with Gasteiger partial charge in [-0.15, -0.1) is 0 Å². The summed E-state index contributed by atoms with van der Waals surface area (Å²) in [6, 6.07) is 14.3. The molecule has 1 aliphatic carbocycles. The lowest BCUT2D eigenvalue weighted by atomic mass is 9.88. The number of rotatable bonds is 2.